The normalized spacial score (nSPS) is 12.2. The average molecular weight is 330 g/mol. The number of unbranched alkanes of at least 4 members (excludes halogenated alkanes) is 1. The van der Waals surface area contributed by atoms with E-state index < -0.39 is 9.05 Å². The summed E-state index contributed by atoms with van der Waals surface area (Å²) in [6.45, 7) is 6.66. The van der Waals surface area contributed by atoms with Crippen molar-refractivity contribution in [3.63, 3.8) is 0 Å². The Balaban J connectivity index is 2.69. The number of halogens is 1. The van der Waals surface area contributed by atoms with E-state index in [-0.39, 0.29) is 11.0 Å². The lowest BCUT2D eigenvalue weighted by molar-refractivity contribution is 0.245. The van der Waals surface area contributed by atoms with E-state index in [0.717, 1.165) is 24.9 Å². The van der Waals surface area contributed by atoms with Crippen LogP contribution in [0.5, 0.6) is 5.75 Å². The first kappa shape index (κ1) is 16.2. The fourth-order valence-electron chi connectivity index (χ4n) is 2.33. The lowest BCUT2D eigenvalue weighted by Crippen LogP contribution is -2.06. The van der Waals surface area contributed by atoms with Crippen molar-refractivity contribution in [1.82, 2.24) is 4.57 Å². The van der Waals surface area contributed by atoms with E-state index >= 15 is 0 Å². The summed E-state index contributed by atoms with van der Waals surface area (Å²) >= 11 is 0. The molecular formula is C15H20ClNO3S. The fraction of sp³-hybridized carbons (Fsp3) is 0.467. The molecule has 21 heavy (non-hydrogen) atoms. The van der Waals surface area contributed by atoms with Gasteiger partial charge >= 0.3 is 0 Å². The summed E-state index contributed by atoms with van der Waals surface area (Å²) in [6, 6.07) is 5.54. The Morgan fingerprint density at radius 1 is 1.33 bits per heavy atom. The van der Waals surface area contributed by atoms with Gasteiger partial charge in [0.05, 0.1) is 17.0 Å². The van der Waals surface area contributed by atoms with Crippen LogP contribution in [-0.2, 0) is 15.6 Å². The fourth-order valence-corrected chi connectivity index (χ4v) is 3.39. The van der Waals surface area contributed by atoms with Gasteiger partial charge < -0.3 is 9.30 Å². The van der Waals surface area contributed by atoms with Crippen molar-refractivity contribution in [2.45, 2.75) is 51.2 Å². The zero-order valence-corrected chi connectivity index (χ0v) is 14.0. The summed E-state index contributed by atoms with van der Waals surface area (Å²) in [6.07, 6.45) is 3.57. The van der Waals surface area contributed by atoms with Crippen LogP contribution < -0.4 is 4.74 Å². The molecule has 0 saturated heterocycles. The van der Waals surface area contributed by atoms with Crippen LogP contribution in [0.1, 0.15) is 33.6 Å². The summed E-state index contributed by atoms with van der Waals surface area (Å²) in [7, 11) is 1.78. The van der Waals surface area contributed by atoms with E-state index in [4.69, 9.17) is 15.4 Å². The average Bonchev–Trinajstić information content (AvgIpc) is 2.75. The minimum atomic E-state index is -3.82. The van der Waals surface area contributed by atoms with Gasteiger partial charge in [-0.1, -0.05) is 19.4 Å². The first-order valence-electron chi connectivity index (χ1n) is 7.07. The molecular weight excluding hydrogens is 310 g/mol. The Labute approximate surface area is 130 Å². The minimum absolute atomic E-state index is 0.0412. The van der Waals surface area contributed by atoms with Gasteiger partial charge in [0.15, 0.2) is 0 Å². The van der Waals surface area contributed by atoms with Crippen LogP contribution in [0.2, 0.25) is 0 Å². The molecule has 4 nitrogen and oxygen atoms in total. The number of nitrogens with zero attached hydrogens (tertiary/aromatic N) is 1. The molecule has 0 bridgehead atoms. The van der Waals surface area contributed by atoms with Crippen LogP contribution in [0.3, 0.4) is 0 Å². The monoisotopic (exact) mass is 329 g/mol. The van der Waals surface area contributed by atoms with Crippen molar-refractivity contribution in [1.29, 1.82) is 0 Å². The molecule has 0 saturated carbocycles. The van der Waals surface area contributed by atoms with E-state index in [0.29, 0.717) is 11.1 Å². The number of fused-ring (bicyclic) bond motifs is 1. The number of aryl methyl sites for hydroxylation is 1. The van der Waals surface area contributed by atoms with Crippen molar-refractivity contribution in [2.75, 3.05) is 0 Å². The molecule has 0 aliphatic heterocycles. The second kappa shape index (κ2) is 6.28. The van der Waals surface area contributed by atoms with Crippen LogP contribution in [0.15, 0.2) is 29.3 Å². The van der Waals surface area contributed by atoms with Crippen molar-refractivity contribution >= 4 is 30.6 Å². The predicted octanol–water partition coefficient (Wildman–Crippen LogP) is 4.16. The Morgan fingerprint density at radius 3 is 2.62 bits per heavy atom. The van der Waals surface area contributed by atoms with E-state index in [1.807, 2.05) is 30.5 Å². The van der Waals surface area contributed by atoms with Crippen LogP contribution in [-0.4, -0.2) is 19.1 Å². The SMILES string of the molecule is CCCCn1cc(S(=O)(=O)Cl)c2c(OC(C)C)cccc21. The molecule has 0 unspecified atom stereocenters. The number of hydrogen-bond acceptors (Lipinski definition) is 3. The highest BCUT2D eigenvalue weighted by atomic mass is 35.7. The van der Waals surface area contributed by atoms with Crippen LogP contribution >= 0.6 is 10.7 Å². The summed E-state index contributed by atoms with van der Waals surface area (Å²) in [5.41, 5.74) is 0.834. The number of aromatic nitrogens is 1. The summed E-state index contributed by atoms with van der Waals surface area (Å²) in [5, 5.41) is 0.567. The van der Waals surface area contributed by atoms with Crippen LogP contribution in [0.25, 0.3) is 10.9 Å². The second-order valence-corrected chi connectivity index (χ2v) is 7.83. The third-order valence-electron chi connectivity index (χ3n) is 3.21. The second-order valence-electron chi connectivity index (χ2n) is 5.30. The van der Waals surface area contributed by atoms with Gasteiger partial charge in [0.25, 0.3) is 9.05 Å². The molecule has 1 aromatic carbocycles. The highest BCUT2D eigenvalue weighted by Gasteiger charge is 2.22. The number of hydrogen-bond donors (Lipinski definition) is 0. The smallest absolute Gasteiger partial charge is 0.263 e. The molecule has 0 amide bonds. The maximum Gasteiger partial charge on any atom is 0.263 e. The van der Waals surface area contributed by atoms with Gasteiger partial charge in [-0.25, -0.2) is 8.42 Å². The van der Waals surface area contributed by atoms with Gasteiger partial charge in [-0.05, 0) is 32.4 Å². The summed E-state index contributed by atoms with van der Waals surface area (Å²) < 4.78 is 31.4. The van der Waals surface area contributed by atoms with Gasteiger partial charge in [0, 0.05) is 23.4 Å². The molecule has 0 N–H and O–H groups in total. The topological polar surface area (TPSA) is 48.3 Å². The molecule has 116 valence electrons. The van der Waals surface area contributed by atoms with E-state index in [1.54, 1.807) is 12.3 Å². The van der Waals surface area contributed by atoms with Crippen molar-refractivity contribution in [3.8, 4) is 5.75 Å². The zero-order chi connectivity index (χ0) is 15.6. The molecule has 0 fully saturated rings. The molecule has 0 radical (unpaired) electrons. The molecule has 1 heterocycles. The van der Waals surface area contributed by atoms with Gasteiger partial charge in [0.1, 0.15) is 10.6 Å². The third kappa shape index (κ3) is 3.52. The first-order chi connectivity index (χ1) is 9.84. The predicted molar refractivity (Wildman–Crippen MR) is 85.6 cm³/mol. The highest BCUT2D eigenvalue weighted by Crippen LogP contribution is 2.35. The third-order valence-corrected chi connectivity index (χ3v) is 4.54. The standard InChI is InChI=1S/C15H20ClNO3S/c1-4-5-9-17-10-14(21(16,18)19)15-12(17)7-6-8-13(15)20-11(2)3/h6-8,10-11H,4-5,9H2,1-3H3. The molecule has 0 atom stereocenters. The maximum atomic E-state index is 11.9. The highest BCUT2D eigenvalue weighted by molar-refractivity contribution is 8.14. The van der Waals surface area contributed by atoms with Gasteiger partial charge in [-0.3, -0.25) is 0 Å². The van der Waals surface area contributed by atoms with E-state index in [2.05, 4.69) is 6.92 Å². The van der Waals surface area contributed by atoms with Crippen molar-refractivity contribution < 1.29 is 13.2 Å². The van der Waals surface area contributed by atoms with E-state index in [9.17, 15) is 8.42 Å². The molecule has 2 aromatic rings. The van der Waals surface area contributed by atoms with Gasteiger partial charge in [-0.15, -0.1) is 0 Å². The first-order valence-corrected chi connectivity index (χ1v) is 9.38. The summed E-state index contributed by atoms with van der Waals surface area (Å²) in [5.74, 6) is 0.553. The lowest BCUT2D eigenvalue weighted by Gasteiger charge is -2.12. The minimum Gasteiger partial charge on any atom is -0.490 e. The molecule has 1 aromatic heterocycles. The van der Waals surface area contributed by atoms with E-state index in [1.165, 1.54) is 0 Å². The molecule has 0 aliphatic carbocycles. The van der Waals surface area contributed by atoms with Crippen LogP contribution in [0, 0.1) is 0 Å². The van der Waals surface area contributed by atoms with Crippen molar-refractivity contribution in [3.05, 3.63) is 24.4 Å². The Kier molecular flexibility index (Phi) is 4.84. The number of benzene rings is 1. The quantitative estimate of drug-likeness (QED) is 0.748. The Bertz CT molecular complexity index is 735. The molecule has 0 aliphatic rings. The molecule has 2 rings (SSSR count). The van der Waals surface area contributed by atoms with Gasteiger partial charge in [-0.2, -0.15) is 0 Å². The zero-order valence-electron chi connectivity index (χ0n) is 12.5. The lowest BCUT2D eigenvalue weighted by atomic mass is 10.2. The summed E-state index contributed by atoms with van der Waals surface area (Å²) in [4.78, 5) is 0.117. The number of ether oxygens (including phenoxy) is 1. The Hall–Kier alpha value is -1.20. The van der Waals surface area contributed by atoms with Crippen LogP contribution in [0.4, 0.5) is 0 Å². The molecule has 6 heteroatoms. The maximum absolute atomic E-state index is 11.9. The largest absolute Gasteiger partial charge is 0.490 e. The molecule has 0 spiro atoms. The number of rotatable bonds is 6. The van der Waals surface area contributed by atoms with Gasteiger partial charge in [0.2, 0.25) is 0 Å². The Morgan fingerprint density at radius 2 is 2.05 bits per heavy atom. The van der Waals surface area contributed by atoms with Crippen molar-refractivity contribution in [2.24, 2.45) is 0 Å².